The summed E-state index contributed by atoms with van der Waals surface area (Å²) in [5.74, 6) is 0.624. The molecule has 0 aliphatic heterocycles. The van der Waals surface area contributed by atoms with E-state index in [2.05, 4.69) is 6.58 Å². The van der Waals surface area contributed by atoms with E-state index in [1.165, 1.54) is 6.92 Å². The first-order chi connectivity index (χ1) is 14.3. The summed E-state index contributed by atoms with van der Waals surface area (Å²) in [6, 6.07) is 10.7. The third kappa shape index (κ3) is 4.03. The van der Waals surface area contributed by atoms with Crippen molar-refractivity contribution in [2.24, 2.45) is 0 Å². The first-order valence-electron chi connectivity index (χ1n) is 9.97. The van der Waals surface area contributed by atoms with Gasteiger partial charge in [0.1, 0.15) is 5.82 Å². The Hall–Kier alpha value is -2.92. The Morgan fingerprint density at radius 3 is 2.47 bits per heavy atom. The zero-order valence-electron chi connectivity index (χ0n) is 17.8. The van der Waals surface area contributed by atoms with E-state index < -0.39 is 0 Å². The quantitative estimate of drug-likeness (QED) is 0.499. The summed E-state index contributed by atoms with van der Waals surface area (Å²) in [6.45, 7) is 11.7. The van der Waals surface area contributed by atoms with Gasteiger partial charge in [-0.25, -0.2) is 4.98 Å². The number of carbonyl (C=O) groups excluding carboxylic acids is 1. The highest BCUT2D eigenvalue weighted by Crippen LogP contribution is 2.28. The van der Waals surface area contributed by atoms with Crippen molar-refractivity contribution in [2.45, 2.75) is 40.0 Å². The fraction of sp³-hybridized carbons (Fsp3) is 0.292. The molecule has 0 saturated heterocycles. The molecule has 0 fully saturated rings. The van der Waals surface area contributed by atoms with Crippen LogP contribution >= 0.6 is 11.6 Å². The minimum Gasteiger partial charge on any atom is -0.312 e. The summed E-state index contributed by atoms with van der Waals surface area (Å²) < 4.78 is 1.64. The maximum atomic E-state index is 13.5. The number of aryl methyl sites for hydroxylation is 1. The van der Waals surface area contributed by atoms with Crippen LogP contribution in [0.25, 0.3) is 16.6 Å². The Morgan fingerprint density at radius 1 is 1.23 bits per heavy atom. The Kier molecular flexibility index (Phi) is 6.42. The second-order valence-corrected chi connectivity index (χ2v) is 8.03. The molecular weight excluding hydrogens is 398 g/mol. The molecule has 0 aliphatic carbocycles. The number of fused-ring (bicyclic) bond motifs is 1. The number of hydrogen-bond acceptors (Lipinski definition) is 3. The molecule has 1 aromatic heterocycles. The van der Waals surface area contributed by atoms with E-state index in [0.29, 0.717) is 34.7 Å². The van der Waals surface area contributed by atoms with Gasteiger partial charge in [-0.2, -0.15) is 0 Å². The standard InChI is InChI=1S/C24H26ClN3O2/c1-6-7-14-27(17(5)29)21-13-12-20-22(16(21)4)26-23(15(2)3)28(24(20)30)19-10-8-18(25)9-11-19/h6,8-13,15H,1,7,14H2,2-5H3. The van der Waals surface area contributed by atoms with Crippen LogP contribution in [-0.2, 0) is 4.79 Å². The largest absolute Gasteiger partial charge is 0.312 e. The van der Waals surface area contributed by atoms with Crippen LogP contribution in [0.2, 0.25) is 5.02 Å². The van der Waals surface area contributed by atoms with Gasteiger partial charge < -0.3 is 4.90 Å². The maximum Gasteiger partial charge on any atom is 0.265 e. The summed E-state index contributed by atoms with van der Waals surface area (Å²) in [7, 11) is 0. The molecule has 0 bridgehead atoms. The minimum absolute atomic E-state index is 0.0190. The summed E-state index contributed by atoms with van der Waals surface area (Å²) in [6.07, 6.45) is 2.46. The van der Waals surface area contributed by atoms with Gasteiger partial charge in [-0.05, 0) is 55.3 Å². The maximum absolute atomic E-state index is 13.5. The Morgan fingerprint density at radius 2 is 1.90 bits per heavy atom. The lowest BCUT2D eigenvalue weighted by atomic mass is 10.1. The molecule has 0 unspecified atom stereocenters. The zero-order chi connectivity index (χ0) is 22.0. The SMILES string of the molecule is C=CCCN(C(C)=O)c1ccc2c(=O)n(-c3ccc(Cl)cc3)c(C(C)C)nc2c1C. The van der Waals surface area contributed by atoms with Crippen LogP contribution in [-0.4, -0.2) is 22.0 Å². The number of nitrogens with zero attached hydrogens (tertiary/aromatic N) is 3. The molecule has 1 amide bonds. The van der Waals surface area contributed by atoms with E-state index >= 15 is 0 Å². The van der Waals surface area contributed by atoms with Crippen molar-refractivity contribution >= 4 is 34.1 Å². The summed E-state index contributed by atoms with van der Waals surface area (Å²) in [5, 5.41) is 1.12. The van der Waals surface area contributed by atoms with E-state index in [4.69, 9.17) is 16.6 Å². The van der Waals surface area contributed by atoms with Gasteiger partial charge in [-0.15, -0.1) is 6.58 Å². The lowest BCUT2D eigenvalue weighted by Crippen LogP contribution is -2.30. The average molecular weight is 424 g/mol. The van der Waals surface area contributed by atoms with Crippen LogP contribution < -0.4 is 10.5 Å². The van der Waals surface area contributed by atoms with Crippen LogP contribution in [0, 0.1) is 6.92 Å². The molecule has 0 spiro atoms. The molecule has 0 atom stereocenters. The molecule has 6 heteroatoms. The van der Waals surface area contributed by atoms with Crippen LogP contribution in [0.1, 0.15) is 44.5 Å². The van der Waals surface area contributed by atoms with Gasteiger partial charge in [0.2, 0.25) is 5.91 Å². The zero-order valence-corrected chi connectivity index (χ0v) is 18.5. The first kappa shape index (κ1) is 21.8. The van der Waals surface area contributed by atoms with Crippen molar-refractivity contribution in [3.63, 3.8) is 0 Å². The van der Waals surface area contributed by atoms with Crippen LogP contribution in [0.3, 0.4) is 0 Å². The van der Waals surface area contributed by atoms with Crippen molar-refractivity contribution in [1.82, 2.24) is 9.55 Å². The van der Waals surface area contributed by atoms with Gasteiger partial charge in [0, 0.05) is 30.1 Å². The summed E-state index contributed by atoms with van der Waals surface area (Å²) in [4.78, 5) is 32.3. The fourth-order valence-electron chi connectivity index (χ4n) is 3.58. The lowest BCUT2D eigenvalue weighted by molar-refractivity contribution is -0.116. The number of aromatic nitrogens is 2. The molecule has 5 nitrogen and oxygen atoms in total. The first-order valence-corrected chi connectivity index (χ1v) is 10.3. The number of halogens is 1. The van der Waals surface area contributed by atoms with E-state index in [1.54, 1.807) is 33.7 Å². The lowest BCUT2D eigenvalue weighted by Gasteiger charge is -2.24. The van der Waals surface area contributed by atoms with Gasteiger partial charge in [0.05, 0.1) is 16.6 Å². The van der Waals surface area contributed by atoms with E-state index in [-0.39, 0.29) is 17.4 Å². The number of rotatable bonds is 6. The molecule has 0 radical (unpaired) electrons. The summed E-state index contributed by atoms with van der Waals surface area (Å²) in [5.41, 5.74) is 2.79. The third-order valence-corrected chi connectivity index (χ3v) is 5.37. The van der Waals surface area contributed by atoms with Crippen molar-refractivity contribution in [2.75, 3.05) is 11.4 Å². The van der Waals surface area contributed by atoms with Gasteiger partial charge in [0.25, 0.3) is 5.56 Å². The molecule has 3 aromatic rings. The van der Waals surface area contributed by atoms with E-state index in [0.717, 1.165) is 16.9 Å². The van der Waals surface area contributed by atoms with E-state index in [1.807, 2.05) is 39.0 Å². The second kappa shape index (κ2) is 8.84. The van der Waals surface area contributed by atoms with Crippen LogP contribution in [0.15, 0.2) is 53.8 Å². The molecule has 156 valence electrons. The highest BCUT2D eigenvalue weighted by molar-refractivity contribution is 6.30. The molecule has 0 N–H and O–H groups in total. The molecule has 1 heterocycles. The number of amides is 1. The number of benzene rings is 2. The van der Waals surface area contributed by atoms with Crippen molar-refractivity contribution < 1.29 is 4.79 Å². The van der Waals surface area contributed by atoms with Gasteiger partial charge >= 0.3 is 0 Å². The van der Waals surface area contributed by atoms with Crippen LogP contribution in [0.5, 0.6) is 0 Å². The molecule has 30 heavy (non-hydrogen) atoms. The average Bonchev–Trinajstić information content (AvgIpc) is 2.70. The highest BCUT2D eigenvalue weighted by Gasteiger charge is 2.20. The Labute approximate surface area is 181 Å². The Balaban J connectivity index is 2.29. The number of carbonyl (C=O) groups is 1. The molecule has 0 aliphatic rings. The number of anilines is 1. The van der Waals surface area contributed by atoms with Crippen molar-refractivity contribution in [3.05, 3.63) is 75.8 Å². The Bertz CT molecular complexity index is 1160. The fourth-order valence-corrected chi connectivity index (χ4v) is 3.71. The summed E-state index contributed by atoms with van der Waals surface area (Å²) >= 11 is 6.02. The predicted octanol–water partition coefficient (Wildman–Crippen LogP) is 5.40. The van der Waals surface area contributed by atoms with Crippen molar-refractivity contribution in [1.29, 1.82) is 0 Å². The smallest absolute Gasteiger partial charge is 0.265 e. The topological polar surface area (TPSA) is 55.2 Å². The predicted molar refractivity (Wildman–Crippen MR) is 124 cm³/mol. The molecule has 2 aromatic carbocycles. The molecule has 0 saturated carbocycles. The second-order valence-electron chi connectivity index (χ2n) is 7.60. The molecular formula is C24H26ClN3O2. The van der Waals surface area contributed by atoms with Gasteiger partial charge in [0.15, 0.2) is 0 Å². The monoisotopic (exact) mass is 423 g/mol. The minimum atomic E-state index is -0.138. The van der Waals surface area contributed by atoms with Gasteiger partial charge in [-0.3, -0.25) is 14.2 Å². The third-order valence-electron chi connectivity index (χ3n) is 5.12. The highest BCUT2D eigenvalue weighted by atomic mass is 35.5. The van der Waals surface area contributed by atoms with E-state index in [9.17, 15) is 9.59 Å². The molecule has 3 rings (SSSR count). The number of hydrogen-bond donors (Lipinski definition) is 0. The normalized spacial score (nSPS) is 11.1. The van der Waals surface area contributed by atoms with Gasteiger partial charge in [-0.1, -0.05) is 31.5 Å². The van der Waals surface area contributed by atoms with Crippen LogP contribution in [0.4, 0.5) is 5.69 Å². The van der Waals surface area contributed by atoms with Crippen molar-refractivity contribution in [3.8, 4) is 5.69 Å².